The smallest absolute Gasteiger partial charge is 0.230 e. The van der Waals surface area contributed by atoms with Crippen molar-refractivity contribution in [2.75, 3.05) is 27.2 Å². The van der Waals surface area contributed by atoms with Crippen molar-refractivity contribution in [3.63, 3.8) is 0 Å². The van der Waals surface area contributed by atoms with E-state index in [1.54, 1.807) is 0 Å². The van der Waals surface area contributed by atoms with Gasteiger partial charge in [-0.15, -0.1) is 0 Å². The largest absolute Gasteiger partial charge is 0.299 e. The molecule has 4 heteroatoms. The minimum Gasteiger partial charge on any atom is -0.299 e. The van der Waals surface area contributed by atoms with Crippen molar-refractivity contribution in [1.82, 2.24) is 9.80 Å². The molecule has 1 rings (SSSR count). The molecule has 0 aromatic carbocycles. The highest BCUT2D eigenvalue weighted by atomic mass is 16.2. The van der Waals surface area contributed by atoms with Gasteiger partial charge in [0, 0.05) is 12.8 Å². The van der Waals surface area contributed by atoms with Crippen LogP contribution in [0.1, 0.15) is 12.8 Å². The van der Waals surface area contributed by atoms with Crippen molar-refractivity contribution < 1.29 is 9.59 Å². The van der Waals surface area contributed by atoms with Gasteiger partial charge in [0.2, 0.25) is 11.8 Å². The van der Waals surface area contributed by atoms with Gasteiger partial charge in [-0.1, -0.05) is 11.8 Å². The van der Waals surface area contributed by atoms with E-state index in [1.165, 1.54) is 4.90 Å². The first-order valence-corrected chi connectivity index (χ1v) is 4.55. The molecule has 1 fully saturated rings. The lowest BCUT2D eigenvalue weighted by molar-refractivity contribution is -0.137. The zero-order chi connectivity index (χ0) is 10.6. The predicted octanol–water partition coefficient (Wildman–Crippen LogP) is -0.300. The van der Waals surface area contributed by atoms with E-state index in [1.807, 2.05) is 19.0 Å². The van der Waals surface area contributed by atoms with E-state index in [0.29, 0.717) is 19.4 Å². The molecule has 0 saturated carbocycles. The molecule has 0 bridgehead atoms. The van der Waals surface area contributed by atoms with Crippen LogP contribution in [0.4, 0.5) is 0 Å². The molecule has 76 valence electrons. The van der Waals surface area contributed by atoms with Gasteiger partial charge in [0.15, 0.2) is 0 Å². The van der Waals surface area contributed by atoms with Crippen molar-refractivity contribution in [3.8, 4) is 11.8 Å². The fraction of sp³-hybridized carbons (Fsp3) is 0.600. The normalized spacial score (nSPS) is 16.1. The topological polar surface area (TPSA) is 40.6 Å². The number of rotatable bonds is 2. The highest BCUT2D eigenvalue weighted by molar-refractivity contribution is 6.02. The summed E-state index contributed by atoms with van der Waals surface area (Å²) in [7, 11) is 3.84. The van der Waals surface area contributed by atoms with Crippen molar-refractivity contribution >= 4 is 11.8 Å². The molecule has 1 aliphatic heterocycles. The summed E-state index contributed by atoms with van der Waals surface area (Å²) in [5.74, 6) is 5.49. The molecule has 14 heavy (non-hydrogen) atoms. The minimum absolute atomic E-state index is 0.103. The Bertz CT molecular complexity index is 283. The fourth-order valence-electron chi connectivity index (χ4n) is 1.15. The van der Waals surface area contributed by atoms with E-state index < -0.39 is 0 Å². The van der Waals surface area contributed by atoms with Crippen LogP contribution in [0, 0.1) is 11.8 Å². The Kier molecular flexibility index (Phi) is 3.66. The molecule has 1 saturated heterocycles. The third kappa shape index (κ3) is 2.86. The van der Waals surface area contributed by atoms with E-state index in [4.69, 9.17) is 0 Å². The predicted molar refractivity (Wildman–Crippen MR) is 52.3 cm³/mol. The number of amides is 2. The van der Waals surface area contributed by atoms with E-state index >= 15 is 0 Å². The lowest BCUT2D eigenvalue weighted by Gasteiger charge is -2.08. The number of carbonyl (C=O) groups is 2. The molecule has 0 aliphatic carbocycles. The van der Waals surface area contributed by atoms with Crippen LogP contribution in [0.25, 0.3) is 0 Å². The Labute approximate surface area is 83.9 Å². The average Bonchev–Trinajstić information content (AvgIpc) is 2.42. The van der Waals surface area contributed by atoms with E-state index in [0.717, 1.165) is 0 Å². The monoisotopic (exact) mass is 194 g/mol. The highest BCUT2D eigenvalue weighted by Gasteiger charge is 2.27. The Hall–Kier alpha value is -1.34. The zero-order valence-electron chi connectivity index (χ0n) is 8.54. The van der Waals surface area contributed by atoms with Crippen LogP contribution in [0.2, 0.25) is 0 Å². The number of hydrogen-bond donors (Lipinski definition) is 0. The zero-order valence-corrected chi connectivity index (χ0v) is 8.54. The molecule has 4 nitrogen and oxygen atoms in total. The molecule has 0 radical (unpaired) electrons. The van der Waals surface area contributed by atoms with Crippen LogP contribution in [0.3, 0.4) is 0 Å². The maximum atomic E-state index is 11.1. The van der Waals surface area contributed by atoms with Crippen LogP contribution in [-0.4, -0.2) is 48.8 Å². The molecule has 0 N–H and O–H groups in total. The van der Waals surface area contributed by atoms with Crippen LogP contribution < -0.4 is 0 Å². The summed E-state index contributed by atoms with van der Waals surface area (Å²) in [4.78, 5) is 25.4. The van der Waals surface area contributed by atoms with Crippen LogP contribution >= 0.6 is 0 Å². The van der Waals surface area contributed by atoms with Gasteiger partial charge in [-0.3, -0.25) is 19.4 Å². The first-order valence-electron chi connectivity index (χ1n) is 4.55. The SMILES string of the molecule is CN(C)CC#CCN1C(=O)CCC1=O. The molecule has 1 aliphatic rings. The Morgan fingerprint density at radius 3 is 2.29 bits per heavy atom. The summed E-state index contributed by atoms with van der Waals surface area (Å²) in [6.07, 6.45) is 0.683. The van der Waals surface area contributed by atoms with Crippen LogP contribution in [0.15, 0.2) is 0 Å². The summed E-state index contributed by atoms with van der Waals surface area (Å²) >= 11 is 0. The van der Waals surface area contributed by atoms with Gasteiger partial charge in [-0.25, -0.2) is 0 Å². The molecular formula is C10H14N2O2. The van der Waals surface area contributed by atoms with Gasteiger partial charge >= 0.3 is 0 Å². The Balaban J connectivity index is 2.39. The quantitative estimate of drug-likeness (QED) is 0.447. The van der Waals surface area contributed by atoms with E-state index in [2.05, 4.69) is 11.8 Å². The first kappa shape index (κ1) is 10.7. The van der Waals surface area contributed by atoms with Crippen LogP contribution in [-0.2, 0) is 9.59 Å². The molecule has 1 heterocycles. The maximum Gasteiger partial charge on any atom is 0.230 e. The maximum absolute atomic E-state index is 11.1. The Morgan fingerprint density at radius 2 is 1.79 bits per heavy atom. The molecule has 0 aromatic rings. The van der Waals surface area contributed by atoms with E-state index in [9.17, 15) is 9.59 Å². The van der Waals surface area contributed by atoms with Crippen molar-refractivity contribution in [1.29, 1.82) is 0 Å². The molecule has 2 amide bonds. The minimum atomic E-state index is -0.103. The second-order valence-corrected chi connectivity index (χ2v) is 3.46. The molecule has 0 unspecified atom stereocenters. The second kappa shape index (κ2) is 4.77. The van der Waals surface area contributed by atoms with Crippen molar-refractivity contribution in [3.05, 3.63) is 0 Å². The van der Waals surface area contributed by atoms with Gasteiger partial charge in [-0.2, -0.15) is 0 Å². The first-order chi connectivity index (χ1) is 6.61. The van der Waals surface area contributed by atoms with Gasteiger partial charge in [0.1, 0.15) is 0 Å². The van der Waals surface area contributed by atoms with Gasteiger partial charge in [0.05, 0.1) is 13.1 Å². The number of imide groups is 1. The third-order valence-corrected chi connectivity index (χ3v) is 1.91. The number of likely N-dealkylation sites (tertiary alicyclic amines) is 1. The molecule has 0 atom stereocenters. The summed E-state index contributed by atoms with van der Waals surface area (Å²) in [5.41, 5.74) is 0. The summed E-state index contributed by atoms with van der Waals surface area (Å²) < 4.78 is 0. The average molecular weight is 194 g/mol. The Morgan fingerprint density at radius 1 is 1.21 bits per heavy atom. The van der Waals surface area contributed by atoms with Gasteiger partial charge in [0.25, 0.3) is 0 Å². The van der Waals surface area contributed by atoms with Crippen molar-refractivity contribution in [2.45, 2.75) is 12.8 Å². The van der Waals surface area contributed by atoms with Crippen LogP contribution in [0.5, 0.6) is 0 Å². The second-order valence-electron chi connectivity index (χ2n) is 3.46. The number of nitrogens with zero attached hydrogens (tertiary/aromatic N) is 2. The fourth-order valence-corrected chi connectivity index (χ4v) is 1.15. The molecule has 0 spiro atoms. The summed E-state index contributed by atoms with van der Waals surface area (Å²) in [5, 5.41) is 0. The lowest BCUT2D eigenvalue weighted by atomic mass is 10.4. The standard InChI is InChI=1S/C10H14N2O2/c1-11(2)7-3-4-8-12-9(13)5-6-10(12)14/h5-8H2,1-2H3. The number of carbonyl (C=O) groups excluding carboxylic acids is 2. The lowest BCUT2D eigenvalue weighted by Crippen LogP contribution is -2.29. The van der Waals surface area contributed by atoms with Gasteiger partial charge < -0.3 is 0 Å². The molecular weight excluding hydrogens is 180 g/mol. The van der Waals surface area contributed by atoms with E-state index in [-0.39, 0.29) is 18.4 Å². The highest BCUT2D eigenvalue weighted by Crippen LogP contribution is 2.09. The molecule has 0 aromatic heterocycles. The van der Waals surface area contributed by atoms with Crippen molar-refractivity contribution in [2.24, 2.45) is 0 Å². The van der Waals surface area contributed by atoms with Gasteiger partial charge in [-0.05, 0) is 14.1 Å². The third-order valence-electron chi connectivity index (χ3n) is 1.91. The summed E-state index contributed by atoms with van der Waals surface area (Å²) in [6.45, 7) is 0.891. The summed E-state index contributed by atoms with van der Waals surface area (Å²) in [6, 6.07) is 0. The number of hydrogen-bond acceptors (Lipinski definition) is 3.